The molecule has 0 aliphatic heterocycles. The Bertz CT molecular complexity index is 577. The van der Waals surface area contributed by atoms with Gasteiger partial charge in [0.05, 0.1) is 5.52 Å². The van der Waals surface area contributed by atoms with Crippen LogP contribution < -0.4 is 11.3 Å². The third-order valence-corrected chi connectivity index (χ3v) is 4.16. The van der Waals surface area contributed by atoms with Crippen LogP contribution in [0.3, 0.4) is 0 Å². The lowest BCUT2D eigenvalue weighted by Gasteiger charge is -2.18. The van der Waals surface area contributed by atoms with Crippen LogP contribution in [-0.2, 0) is 0 Å². The molecule has 0 bridgehead atoms. The van der Waals surface area contributed by atoms with Crippen LogP contribution in [0, 0.1) is 11.3 Å². The maximum absolute atomic E-state index is 5.74. The van der Waals surface area contributed by atoms with Crippen LogP contribution >= 0.6 is 0 Å². The van der Waals surface area contributed by atoms with Crippen molar-refractivity contribution in [2.75, 3.05) is 0 Å². The first-order valence-corrected chi connectivity index (χ1v) is 6.43. The summed E-state index contributed by atoms with van der Waals surface area (Å²) in [6.45, 7) is 4.59. The summed E-state index contributed by atoms with van der Waals surface area (Å²) in [6, 6.07) is 10.7. The molecule has 1 saturated carbocycles. The van der Waals surface area contributed by atoms with Crippen LogP contribution in [0.4, 0.5) is 0 Å². The van der Waals surface area contributed by atoms with Gasteiger partial charge in [0.15, 0.2) is 0 Å². The van der Waals surface area contributed by atoms with E-state index in [1.807, 2.05) is 12.3 Å². The Morgan fingerprint density at radius 1 is 1.39 bits per heavy atom. The van der Waals surface area contributed by atoms with Crippen molar-refractivity contribution in [2.45, 2.75) is 26.3 Å². The van der Waals surface area contributed by atoms with E-state index in [0.717, 1.165) is 5.52 Å². The number of nitrogens with one attached hydrogen (secondary N) is 1. The zero-order valence-corrected chi connectivity index (χ0v) is 10.9. The molecular weight excluding hydrogens is 222 g/mol. The van der Waals surface area contributed by atoms with Gasteiger partial charge in [-0.2, -0.15) is 0 Å². The molecular formula is C15H19N3. The molecule has 2 unspecified atom stereocenters. The number of hydrogen-bond acceptors (Lipinski definition) is 3. The number of nitrogens with zero attached hydrogens (tertiary/aromatic N) is 1. The van der Waals surface area contributed by atoms with Crippen molar-refractivity contribution < 1.29 is 0 Å². The normalized spacial score (nSPS) is 22.9. The maximum atomic E-state index is 5.74. The number of hydrazine groups is 1. The van der Waals surface area contributed by atoms with Gasteiger partial charge < -0.3 is 0 Å². The van der Waals surface area contributed by atoms with E-state index in [1.54, 1.807) is 0 Å². The fourth-order valence-electron chi connectivity index (χ4n) is 2.80. The van der Waals surface area contributed by atoms with Gasteiger partial charge in [-0.3, -0.25) is 16.3 Å². The minimum absolute atomic E-state index is 0.228. The van der Waals surface area contributed by atoms with E-state index >= 15 is 0 Å². The topological polar surface area (TPSA) is 50.9 Å². The zero-order valence-electron chi connectivity index (χ0n) is 10.9. The highest BCUT2D eigenvalue weighted by molar-refractivity contribution is 5.79. The summed E-state index contributed by atoms with van der Waals surface area (Å²) < 4.78 is 0. The second-order valence-corrected chi connectivity index (χ2v) is 5.90. The fraction of sp³-hybridized carbons (Fsp3) is 0.400. The summed E-state index contributed by atoms with van der Waals surface area (Å²) >= 11 is 0. The number of pyridine rings is 1. The van der Waals surface area contributed by atoms with Crippen LogP contribution in [-0.4, -0.2) is 4.98 Å². The first-order chi connectivity index (χ1) is 8.62. The molecule has 2 atom stereocenters. The van der Waals surface area contributed by atoms with Gasteiger partial charge >= 0.3 is 0 Å². The Kier molecular flexibility index (Phi) is 2.61. The summed E-state index contributed by atoms with van der Waals surface area (Å²) in [5.41, 5.74) is 5.64. The van der Waals surface area contributed by atoms with E-state index in [0.29, 0.717) is 11.3 Å². The first kappa shape index (κ1) is 11.6. The number of hydrogen-bond donors (Lipinski definition) is 2. The summed E-state index contributed by atoms with van der Waals surface area (Å²) in [4.78, 5) is 4.41. The molecule has 1 fully saturated rings. The van der Waals surface area contributed by atoms with E-state index < -0.39 is 0 Å². The van der Waals surface area contributed by atoms with Gasteiger partial charge in [0.2, 0.25) is 0 Å². The Morgan fingerprint density at radius 2 is 2.17 bits per heavy atom. The minimum Gasteiger partial charge on any atom is -0.271 e. The smallest absolute Gasteiger partial charge is 0.0705 e. The number of fused-ring (bicyclic) bond motifs is 1. The number of aromatic nitrogens is 1. The highest BCUT2D eigenvalue weighted by Crippen LogP contribution is 2.57. The molecule has 0 amide bonds. The van der Waals surface area contributed by atoms with Crippen LogP contribution in [0.25, 0.3) is 10.9 Å². The summed E-state index contributed by atoms with van der Waals surface area (Å²) in [5.74, 6) is 6.35. The highest BCUT2D eigenvalue weighted by Gasteiger charge is 2.50. The lowest BCUT2D eigenvalue weighted by atomic mass is 9.96. The predicted octanol–water partition coefficient (Wildman–Crippen LogP) is 2.79. The van der Waals surface area contributed by atoms with Gasteiger partial charge in [0, 0.05) is 17.6 Å². The van der Waals surface area contributed by atoms with Crippen molar-refractivity contribution in [3.63, 3.8) is 0 Å². The molecule has 18 heavy (non-hydrogen) atoms. The average Bonchev–Trinajstić information content (AvgIpc) is 2.99. The van der Waals surface area contributed by atoms with Gasteiger partial charge in [-0.25, -0.2) is 0 Å². The van der Waals surface area contributed by atoms with Gasteiger partial charge in [-0.05, 0) is 35.4 Å². The molecule has 1 aliphatic rings. The molecule has 3 N–H and O–H groups in total. The van der Waals surface area contributed by atoms with Crippen LogP contribution in [0.2, 0.25) is 0 Å². The second kappa shape index (κ2) is 4.04. The quantitative estimate of drug-likeness (QED) is 0.641. The Hall–Kier alpha value is -1.45. The monoisotopic (exact) mass is 241 g/mol. The molecule has 94 valence electrons. The highest BCUT2D eigenvalue weighted by atomic mass is 15.2. The molecule has 3 rings (SSSR count). The van der Waals surface area contributed by atoms with Gasteiger partial charge in [-0.15, -0.1) is 0 Å². The molecule has 0 spiro atoms. The van der Waals surface area contributed by atoms with Crippen molar-refractivity contribution in [3.8, 4) is 0 Å². The first-order valence-electron chi connectivity index (χ1n) is 6.43. The van der Waals surface area contributed by atoms with Crippen molar-refractivity contribution in [1.29, 1.82) is 0 Å². The van der Waals surface area contributed by atoms with Crippen molar-refractivity contribution >= 4 is 10.9 Å². The van der Waals surface area contributed by atoms with Crippen LogP contribution in [0.5, 0.6) is 0 Å². The second-order valence-electron chi connectivity index (χ2n) is 5.90. The third-order valence-electron chi connectivity index (χ3n) is 4.16. The molecule has 2 aromatic rings. The average molecular weight is 241 g/mol. The van der Waals surface area contributed by atoms with Crippen molar-refractivity contribution in [3.05, 3.63) is 42.1 Å². The lowest BCUT2D eigenvalue weighted by molar-refractivity contribution is 0.423. The molecule has 1 heterocycles. The molecule has 0 radical (unpaired) electrons. The fourth-order valence-corrected chi connectivity index (χ4v) is 2.80. The molecule has 1 aliphatic carbocycles. The SMILES string of the molecule is CC1(C)CC1C(NN)c1ccc2cccnc2c1. The largest absolute Gasteiger partial charge is 0.271 e. The lowest BCUT2D eigenvalue weighted by Crippen LogP contribution is -2.30. The standard InChI is InChI=1S/C15H19N3/c1-15(2)9-12(15)14(18-16)11-6-5-10-4-3-7-17-13(10)8-11/h3-8,12,14,18H,9,16H2,1-2H3. The van der Waals surface area contributed by atoms with E-state index in [9.17, 15) is 0 Å². The Morgan fingerprint density at radius 3 is 2.83 bits per heavy atom. The minimum atomic E-state index is 0.228. The molecule has 1 aromatic carbocycles. The molecule has 3 heteroatoms. The third kappa shape index (κ3) is 1.89. The van der Waals surface area contributed by atoms with E-state index in [4.69, 9.17) is 5.84 Å². The Balaban J connectivity index is 1.98. The number of rotatable bonds is 3. The van der Waals surface area contributed by atoms with E-state index in [-0.39, 0.29) is 6.04 Å². The Labute approximate surface area is 107 Å². The number of nitrogens with two attached hydrogens (primary N) is 1. The van der Waals surface area contributed by atoms with E-state index in [1.165, 1.54) is 17.4 Å². The molecule has 1 aromatic heterocycles. The van der Waals surface area contributed by atoms with Crippen LogP contribution in [0.15, 0.2) is 36.5 Å². The maximum Gasteiger partial charge on any atom is 0.0705 e. The number of benzene rings is 1. The summed E-state index contributed by atoms with van der Waals surface area (Å²) in [5, 5.41) is 1.17. The van der Waals surface area contributed by atoms with Crippen molar-refractivity contribution in [2.24, 2.45) is 17.2 Å². The molecule has 0 saturated heterocycles. The summed E-state index contributed by atoms with van der Waals surface area (Å²) in [6.07, 6.45) is 3.06. The summed E-state index contributed by atoms with van der Waals surface area (Å²) in [7, 11) is 0. The predicted molar refractivity (Wildman–Crippen MR) is 73.7 cm³/mol. The van der Waals surface area contributed by atoms with Gasteiger partial charge in [0.1, 0.15) is 0 Å². The van der Waals surface area contributed by atoms with Crippen molar-refractivity contribution in [1.82, 2.24) is 10.4 Å². The van der Waals surface area contributed by atoms with Gasteiger partial charge in [0.25, 0.3) is 0 Å². The molecule has 3 nitrogen and oxygen atoms in total. The van der Waals surface area contributed by atoms with E-state index in [2.05, 4.69) is 48.5 Å². The van der Waals surface area contributed by atoms with Gasteiger partial charge in [-0.1, -0.05) is 32.0 Å². The van der Waals surface area contributed by atoms with Crippen LogP contribution in [0.1, 0.15) is 31.9 Å². The zero-order chi connectivity index (χ0) is 12.8.